The maximum absolute atomic E-state index is 13.4. The molecule has 0 bridgehead atoms. The Morgan fingerprint density at radius 3 is 1.91 bits per heavy atom. The molecule has 2 atom stereocenters. The van der Waals surface area contributed by atoms with E-state index in [0.29, 0.717) is 30.4 Å². The van der Waals surface area contributed by atoms with Gasteiger partial charge in [-0.15, -0.1) is 0 Å². The highest BCUT2D eigenvalue weighted by Crippen LogP contribution is 2.46. The van der Waals surface area contributed by atoms with E-state index in [2.05, 4.69) is 6.92 Å². The smallest absolute Gasteiger partial charge is 0.416 e. The molecule has 0 spiro atoms. The molecule has 6 heteroatoms. The number of alkyl halides is 3. The van der Waals surface area contributed by atoms with Crippen molar-refractivity contribution in [2.75, 3.05) is 6.61 Å². The van der Waals surface area contributed by atoms with Gasteiger partial charge in [-0.05, 0) is 68.6 Å². The first-order valence-electron chi connectivity index (χ1n) is 12.3. The number of carbonyl (C=O) groups excluding carboxylic acids is 1. The van der Waals surface area contributed by atoms with Crippen LogP contribution in [0.5, 0.6) is 0 Å². The maximum atomic E-state index is 13.4. The zero-order valence-electron chi connectivity index (χ0n) is 19.0. The van der Waals surface area contributed by atoms with Crippen molar-refractivity contribution in [3.05, 3.63) is 35.4 Å². The molecule has 3 aliphatic rings. The topological polar surface area (TPSA) is 35.5 Å². The van der Waals surface area contributed by atoms with Gasteiger partial charge >= 0.3 is 12.1 Å². The fourth-order valence-electron chi connectivity index (χ4n) is 6.21. The number of rotatable bonds is 5. The van der Waals surface area contributed by atoms with Gasteiger partial charge in [-0.25, -0.2) is 4.79 Å². The summed E-state index contributed by atoms with van der Waals surface area (Å²) in [7, 11) is 0. The Labute approximate surface area is 189 Å². The van der Waals surface area contributed by atoms with E-state index < -0.39 is 23.4 Å². The molecule has 1 aromatic carbocycles. The Balaban J connectivity index is 1.51. The van der Waals surface area contributed by atoms with Gasteiger partial charge in [0.15, 0.2) is 6.10 Å². The van der Waals surface area contributed by atoms with Crippen LogP contribution in [-0.4, -0.2) is 24.3 Å². The number of hydrogen-bond donors (Lipinski definition) is 0. The lowest BCUT2D eigenvalue weighted by atomic mass is 9.67. The molecule has 4 rings (SSSR count). The van der Waals surface area contributed by atoms with Crippen LogP contribution in [0.15, 0.2) is 24.3 Å². The predicted molar refractivity (Wildman–Crippen MR) is 116 cm³/mol. The van der Waals surface area contributed by atoms with E-state index in [0.717, 1.165) is 37.8 Å². The van der Waals surface area contributed by atoms with Crippen LogP contribution in [0.25, 0.3) is 0 Å². The minimum absolute atomic E-state index is 0.272. The first-order chi connectivity index (χ1) is 15.3. The highest BCUT2D eigenvalue weighted by atomic mass is 19.4. The first-order valence-corrected chi connectivity index (χ1v) is 12.3. The van der Waals surface area contributed by atoms with Crippen LogP contribution >= 0.6 is 0 Å². The molecule has 3 nitrogen and oxygen atoms in total. The average Bonchev–Trinajstić information content (AvgIpc) is 3.30. The summed E-state index contributed by atoms with van der Waals surface area (Å²) in [5.41, 5.74) is -0.467. The Hall–Kier alpha value is -1.56. The summed E-state index contributed by atoms with van der Waals surface area (Å²) in [4.78, 5) is 13.4. The second-order valence-corrected chi connectivity index (χ2v) is 10.1. The van der Waals surface area contributed by atoms with Crippen LogP contribution in [0, 0.1) is 11.8 Å². The van der Waals surface area contributed by atoms with Crippen molar-refractivity contribution in [3.63, 3.8) is 0 Å². The van der Waals surface area contributed by atoms with Crippen molar-refractivity contribution in [1.82, 2.24) is 0 Å². The number of ether oxygens (including phenoxy) is 2. The Kier molecular flexibility index (Phi) is 7.18. The van der Waals surface area contributed by atoms with E-state index in [-0.39, 0.29) is 11.9 Å². The summed E-state index contributed by atoms with van der Waals surface area (Å²) in [6.45, 7) is 2.55. The van der Waals surface area contributed by atoms with Gasteiger partial charge in [0.05, 0.1) is 5.56 Å². The highest BCUT2D eigenvalue weighted by molar-refractivity contribution is 5.77. The van der Waals surface area contributed by atoms with Gasteiger partial charge in [0.1, 0.15) is 5.60 Å². The third-order valence-electron chi connectivity index (χ3n) is 8.14. The molecule has 0 amide bonds. The molecule has 1 aliphatic heterocycles. The molecular weight excluding hydrogens is 417 g/mol. The van der Waals surface area contributed by atoms with Crippen LogP contribution in [0.4, 0.5) is 13.2 Å². The predicted octanol–water partition coefficient (Wildman–Crippen LogP) is 7.04. The normalized spacial score (nSPS) is 26.2. The zero-order valence-corrected chi connectivity index (χ0v) is 19.0. The van der Waals surface area contributed by atoms with Crippen LogP contribution in [0.3, 0.4) is 0 Å². The molecule has 0 N–H and O–H groups in total. The van der Waals surface area contributed by atoms with Crippen molar-refractivity contribution in [1.29, 1.82) is 0 Å². The molecule has 1 heterocycles. The van der Waals surface area contributed by atoms with Crippen LogP contribution in [-0.2, 0) is 20.4 Å². The average molecular weight is 453 g/mol. The second-order valence-electron chi connectivity index (χ2n) is 10.1. The third kappa shape index (κ3) is 5.00. The summed E-state index contributed by atoms with van der Waals surface area (Å²) in [5.74, 6) is 0.126. The van der Waals surface area contributed by atoms with Gasteiger partial charge in [-0.1, -0.05) is 50.7 Å². The number of hydrogen-bond acceptors (Lipinski definition) is 3. The minimum atomic E-state index is -4.37. The van der Waals surface area contributed by atoms with E-state index >= 15 is 0 Å². The van der Waals surface area contributed by atoms with Gasteiger partial charge in [0.2, 0.25) is 0 Å². The van der Waals surface area contributed by atoms with Gasteiger partial charge < -0.3 is 9.47 Å². The molecule has 1 aromatic rings. The number of carbonyl (C=O) groups is 1. The van der Waals surface area contributed by atoms with Crippen LogP contribution in [0.1, 0.15) is 94.6 Å². The molecule has 0 aromatic heterocycles. The van der Waals surface area contributed by atoms with Gasteiger partial charge in [-0.3, -0.25) is 0 Å². The van der Waals surface area contributed by atoms with Crippen molar-refractivity contribution in [2.24, 2.45) is 11.8 Å². The van der Waals surface area contributed by atoms with E-state index in [4.69, 9.17) is 9.47 Å². The zero-order chi connectivity index (χ0) is 22.8. The molecule has 178 valence electrons. The quantitative estimate of drug-likeness (QED) is 0.450. The molecule has 32 heavy (non-hydrogen) atoms. The molecule has 0 unspecified atom stereocenters. The SMILES string of the molecule is CC(OC(=O)[C@H]1OCC[C@@H]1c1ccc(C(F)(F)F)cc1)(C1CCCCC1)C1CCCCC1. The second kappa shape index (κ2) is 9.74. The van der Waals surface area contributed by atoms with Gasteiger partial charge in [-0.2, -0.15) is 13.2 Å². The van der Waals surface area contributed by atoms with Gasteiger partial charge in [0, 0.05) is 12.5 Å². The fraction of sp³-hybridized carbons (Fsp3) is 0.731. The summed E-state index contributed by atoms with van der Waals surface area (Å²) >= 11 is 0. The summed E-state index contributed by atoms with van der Waals surface area (Å²) in [6, 6.07) is 5.13. The first kappa shape index (κ1) is 23.6. The molecule has 0 radical (unpaired) electrons. The number of halogens is 3. The highest BCUT2D eigenvalue weighted by Gasteiger charge is 2.48. The van der Waals surface area contributed by atoms with Crippen molar-refractivity contribution in [2.45, 2.75) is 101 Å². The monoisotopic (exact) mass is 452 g/mol. The Morgan fingerprint density at radius 1 is 0.875 bits per heavy atom. The van der Waals surface area contributed by atoms with E-state index in [1.165, 1.54) is 50.7 Å². The molecule has 2 aliphatic carbocycles. The Morgan fingerprint density at radius 2 is 1.41 bits per heavy atom. The molecular formula is C26H35F3O3. The van der Waals surface area contributed by atoms with Crippen molar-refractivity contribution < 1.29 is 27.4 Å². The van der Waals surface area contributed by atoms with Crippen LogP contribution in [0.2, 0.25) is 0 Å². The lowest BCUT2D eigenvalue weighted by Gasteiger charge is -2.46. The number of esters is 1. The number of benzene rings is 1. The van der Waals surface area contributed by atoms with Crippen molar-refractivity contribution in [3.8, 4) is 0 Å². The summed E-state index contributed by atoms with van der Waals surface area (Å²) in [5, 5.41) is 0. The van der Waals surface area contributed by atoms with Gasteiger partial charge in [0.25, 0.3) is 0 Å². The Bertz CT molecular complexity index is 744. The summed E-state index contributed by atoms with van der Waals surface area (Å²) in [6.07, 6.45) is 7.05. The molecule has 1 saturated heterocycles. The summed E-state index contributed by atoms with van der Waals surface area (Å²) < 4.78 is 51.0. The minimum Gasteiger partial charge on any atom is -0.457 e. The lowest BCUT2D eigenvalue weighted by Crippen LogP contribution is -2.49. The van der Waals surface area contributed by atoms with Crippen molar-refractivity contribution >= 4 is 5.97 Å². The standard InChI is InChI=1S/C26H35F3O3/c1-25(19-8-4-2-5-9-19,20-10-6-3-7-11-20)32-24(30)23-22(16-17-31-23)18-12-14-21(15-13-18)26(27,28)29/h12-15,19-20,22-23H,2-11,16-17H2,1H3/t22-,23+/m1/s1. The van der Waals surface area contributed by atoms with E-state index in [1.807, 2.05) is 0 Å². The van der Waals surface area contributed by atoms with Crippen LogP contribution < -0.4 is 0 Å². The maximum Gasteiger partial charge on any atom is 0.416 e. The van der Waals surface area contributed by atoms with E-state index in [1.54, 1.807) is 0 Å². The lowest BCUT2D eigenvalue weighted by molar-refractivity contribution is -0.187. The third-order valence-corrected chi connectivity index (χ3v) is 8.14. The fourth-order valence-corrected chi connectivity index (χ4v) is 6.21. The molecule has 3 fully saturated rings. The van der Waals surface area contributed by atoms with E-state index in [9.17, 15) is 18.0 Å². The largest absolute Gasteiger partial charge is 0.457 e. The molecule has 2 saturated carbocycles.